The van der Waals surface area contributed by atoms with Gasteiger partial charge in [0.2, 0.25) is 5.91 Å². The van der Waals surface area contributed by atoms with Crippen molar-refractivity contribution in [1.82, 2.24) is 4.98 Å². The van der Waals surface area contributed by atoms with E-state index in [-0.39, 0.29) is 5.91 Å². The van der Waals surface area contributed by atoms with E-state index in [2.05, 4.69) is 15.6 Å². The van der Waals surface area contributed by atoms with Crippen molar-refractivity contribution in [3.05, 3.63) is 82.5 Å². The summed E-state index contributed by atoms with van der Waals surface area (Å²) in [6.45, 7) is 0. The van der Waals surface area contributed by atoms with Gasteiger partial charge in [0, 0.05) is 6.42 Å². The van der Waals surface area contributed by atoms with Crippen molar-refractivity contribution in [2.45, 2.75) is 12.8 Å². The number of benzene rings is 2. The Morgan fingerprint density at radius 3 is 2.31 bits per heavy atom. The Hall–Kier alpha value is -2.56. The Kier molecular flexibility index (Phi) is 6.10. The summed E-state index contributed by atoms with van der Waals surface area (Å²) in [6.07, 6.45) is 2.71. The van der Waals surface area contributed by atoms with Gasteiger partial charge in [0.15, 0.2) is 0 Å². The topological polar surface area (TPSA) is 54.0 Å². The highest BCUT2D eigenvalue weighted by Gasteiger charge is 2.07. The van der Waals surface area contributed by atoms with Crippen molar-refractivity contribution in [3.8, 4) is 0 Å². The number of hydrogen-bond donors (Lipinski definition) is 2. The monoisotopic (exact) mass is 385 g/mol. The largest absolute Gasteiger partial charge is 0.338 e. The minimum atomic E-state index is -0.0505. The van der Waals surface area contributed by atoms with Gasteiger partial charge < -0.3 is 10.6 Å². The standard InChI is InChI=1S/C20H17Cl2N3O/c21-16-7-4-8-17(22)20(16)25-18-11-10-15(13-23-18)24-19(26)12-9-14-5-2-1-3-6-14/h1-8,10-11,13H,9,12H2,(H,23,25)(H,24,26). The number of aromatic nitrogens is 1. The number of rotatable bonds is 6. The fraction of sp³-hybridized carbons (Fsp3) is 0.100. The first-order chi connectivity index (χ1) is 12.6. The summed E-state index contributed by atoms with van der Waals surface area (Å²) in [5, 5.41) is 6.95. The smallest absolute Gasteiger partial charge is 0.224 e. The molecule has 3 rings (SSSR count). The minimum absolute atomic E-state index is 0.0505. The first-order valence-corrected chi connectivity index (χ1v) is 8.88. The Bertz CT molecular complexity index is 863. The summed E-state index contributed by atoms with van der Waals surface area (Å²) in [4.78, 5) is 16.3. The number of hydrogen-bond acceptors (Lipinski definition) is 3. The fourth-order valence-corrected chi connectivity index (χ4v) is 2.91. The highest BCUT2D eigenvalue weighted by Crippen LogP contribution is 2.32. The summed E-state index contributed by atoms with van der Waals surface area (Å²) in [5.74, 6) is 0.535. The lowest BCUT2D eigenvalue weighted by molar-refractivity contribution is -0.116. The van der Waals surface area contributed by atoms with E-state index in [9.17, 15) is 4.79 Å². The summed E-state index contributed by atoms with van der Waals surface area (Å²) in [5.41, 5.74) is 2.37. The number of halogens is 2. The summed E-state index contributed by atoms with van der Waals surface area (Å²) < 4.78 is 0. The normalized spacial score (nSPS) is 10.4. The molecule has 1 amide bonds. The maximum Gasteiger partial charge on any atom is 0.224 e. The summed E-state index contributed by atoms with van der Waals surface area (Å²) in [7, 11) is 0. The number of nitrogens with one attached hydrogen (secondary N) is 2. The lowest BCUT2D eigenvalue weighted by Crippen LogP contribution is -2.12. The first kappa shape index (κ1) is 18.2. The molecule has 0 radical (unpaired) electrons. The van der Waals surface area contributed by atoms with Crippen LogP contribution < -0.4 is 10.6 Å². The van der Waals surface area contributed by atoms with Crippen LogP contribution in [-0.2, 0) is 11.2 Å². The van der Waals surface area contributed by atoms with Crippen molar-refractivity contribution in [2.24, 2.45) is 0 Å². The zero-order valence-corrected chi connectivity index (χ0v) is 15.4. The molecule has 26 heavy (non-hydrogen) atoms. The third kappa shape index (κ3) is 4.97. The van der Waals surface area contributed by atoms with Crippen molar-refractivity contribution in [1.29, 1.82) is 0 Å². The first-order valence-electron chi connectivity index (χ1n) is 8.13. The molecule has 132 valence electrons. The van der Waals surface area contributed by atoms with Crippen molar-refractivity contribution in [2.75, 3.05) is 10.6 Å². The lowest BCUT2D eigenvalue weighted by Gasteiger charge is -2.10. The van der Waals surface area contributed by atoms with E-state index >= 15 is 0 Å². The lowest BCUT2D eigenvalue weighted by atomic mass is 10.1. The fourth-order valence-electron chi connectivity index (χ4n) is 2.41. The molecule has 6 heteroatoms. The number of para-hydroxylation sites is 1. The van der Waals surface area contributed by atoms with Gasteiger partial charge in [-0.25, -0.2) is 4.98 Å². The molecule has 0 saturated heterocycles. The molecular formula is C20H17Cl2N3O. The molecule has 0 fully saturated rings. The highest BCUT2D eigenvalue weighted by atomic mass is 35.5. The number of carbonyl (C=O) groups is 1. The average molecular weight is 386 g/mol. The third-order valence-electron chi connectivity index (χ3n) is 3.75. The minimum Gasteiger partial charge on any atom is -0.338 e. The second kappa shape index (κ2) is 8.70. The molecule has 0 bridgehead atoms. The number of pyridine rings is 1. The predicted molar refractivity (Wildman–Crippen MR) is 107 cm³/mol. The maximum atomic E-state index is 12.1. The second-order valence-electron chi connectivity index (χ2n) is 5.69. The van der Waals surface area contributed by atoms with E-state index in [1.165, 1.54) is 0 Å². The molecule has 0 aliphatic heterocycles. The number of carbonyl (C=O) groups excluding carboxylic acids is 1. The Labute approximate surface area is 162 Å². The Balaban J connectivity index is 1.56. The van der Waals surface area contributed by atoms with Crippen LogP contribution in [0.25, 0.3) is 0 Å². The van der Waals surface area contributed by atoms with Gasteiger partial charge in [0.05, 0.1) is 27.6 Å². The van der Waals surface area contributed by atoms with Crippen molar-refractivity contribution >= 4 is 46.3 Å². The predicted octanol–water partition coefficient (Wildman–Crippen LogP) is 5.70. The van der Waals surface area contributed by atoms with E-state index in [0.717, 1.165) is 5.56 Å². The van der Waals surface area contributed by atoms with Crippen LogP contribution >= 0.6 is 23.2 Å². The van der Waals surface area contributed by atoms with Crippen LogP contribution in [0.5, 0.6) is 0 Å². The van der Waals surface area contributed by atoms with Crippen LogP contribution in [0, 0.1) is 0 Å². The Morgan fingerprint density at radius 2 is 1.65 bits per heavy atom. The summed E-state index contributed by atoms with van der Waals surface area (Å²) >= 11 is 12.3. The molecular weight excluding hydrogens is 369 g/mol. The molecule has 0 aliphatic rings. The molecule has 0 aliphatic carbocycles. The van der Waals surface area contributed by atoms with Crippen LogP contribution in [0.4, 0.5) is 17.2 Å². The molecule has 4 nitrogen and oxygen atoms in total. The van der Waals surface area contributed by atoms with E-state index < -0.39 is 0 Å². The molecule has 0 spiro atoms. The van der Waals surface area contributed by atoms with Gasteiger partial charge in [-0.05, 0) is 36.2 Å². The van der Waals surface area contributed by atoms with Gasteiger partial charge >= 0.3 is 0 Å². The van der Waals surface area contributed by atoms with E-state index in [1.807, 2.05) is 30.3 Å². The number of nitrogens with zero attached hydrogens (tertiary/aromatic N) is 1. The van der Waals surface area contributed by atoms with Crippen LogP contribution in [0.2, 0.25) is 10.0 Å². The number of anilines is 3. The van der Waals surface area contributed by atoms with E-state index in [0.29, 0.717) is 40.1 Å². The number of aryl methyl sites for hydroxylation is 1. The van der Waals surface area contributed by atoms with Gasteiger partial charge in [-0.1, -0.05) is 59.6 Å². The van der Waals surface area contributed by atoms with Gasteiger partial charge in [-0.3, -0.25) is 4.79 Å². The van der Waals surface area contributed by atoms with Crippen LogP contribution in [-0.4, -0.2) is 10.9 Å². The molecule has 1 aromatic heterocycles. The zero-order valence-electron chi connectivity index (χ0n) is 13.9. The van der Waals surface area contributed by atoms with Crippen molar-refractivity contribution < 1.29 is 4.79 Å². The van der Waals surface area contributed by atoms with Crippen LogP contribution in [0.1, 0.15) is 12.0 Å². The quantitative estimate of drug-likeness (QED) is 0.571. The van der Waals surface area contributed by atoms with Crippen LogP contribution in [0.15, 0.2) is 66.9 Å². The van der Waals surface area contributed by atoms with Gasteiger partial charge in [0.25, 0.3) is 0 Å². The molecule has 3 aromatic rings. The van der Waals surface area contributed by atoms with E-state index in [4.69, 9.17) is 23.2 Å². The molecule has 0 atom stereocenters. The average Bonchev–Trinajstić information content (AvgIpc) is 2.65. The zero-order chi connectivity index (χ0) is 18.4. The van der Waals surface area contributed by atoms with Gasteiger partial charge in [0.1, 0.15) is 5.82 Å². The second-order valence-corrected chi connectivity index (χ2v) is 6.50. The molecule has 0 unspecified atom stereocenters. The maximum absolute atomic E-state index is 12.1. The molecule has 2 aromatic carbocycles. The molecule has 1 heterocycles. The van der Waals surface area contributed by atoms with Gasteiger partial charge in [-0.2, -0.15) is 0 Å². The van der Waals surface area contributed by atoms with Gasteiger partial charge in [-0.15, -0.1) is 0 Å². The van der Waals surface area contributed by atoms with E-state index in [1.54, 1.807) is 36.5 Å². The molecule has 0 saturated carbocycles. The SMILES string of the molecule is O=C(CCc1ccccc1)Nc1ccc(Nc2c(Cl)cccc2Cl)nc1. The summed E-state index contributed by atoms with van der Waals surface area (Å²) in [6, 6.07) is 18.7. The van der Waals surface area contributed by atoms with Crippen molar-refractivity contribution in [3.63, 3.8) is 0 Å². The third-order valence-corrected chi connectivity index (χ3v) is 4.38. The molecule has 2 N–H and O–H groups in total. The number of amides is 1. The van der Waals surface area contributed by atoms with Crippen LogP contribution in [0.3, 0.4) is 0 Å². The Morgan fingerprint density at radius 1 is 0.923 bits per heavy atom. The highest BCUT2D eigenvalue weighted by molar-refractivity contribution is 6.39.